The van der Waals surface area contributed by atoms with Crippen molar-refractivity contribution in [3.8, 4) is 17.2 Å². The average Bonchev–Trinajstić information content (AvgIpc) is 2.47. The molecule has 0 heterocycles. The topological polar surface area (TPSA) is 60.0 Å². The zero-order valence-corrected chi connectivity index (χ0v) is 12.0. The molecule has 0 bridgehead atoms. The molecule has 0 spiro atoms. The fourth-order valence-corrected chi connectivity index (χ4v) is 1.84. The first kappa shape index (κ1) is 15.6. The molecular formula is C14H23NO4. The van der Waals surface area contributed by atoms with Crippen LogP contribution in [0.1, 0.15) is 18.9 Å². The summed E-state index contributed by atoms with van der Waals surface area (Å²) in [6.45, 7) is 2.70. The third-order valence-corrected chi connectivity index (χ3v) is 3.10. The number of aliphatic hydroxyl groups excluding tert-OH is 1. The zero-order valence-electron chi connectivity index (χ0n) is 12.0. The number of hydrogen-bond acceptors (Lipinski definition) is 5. The Morgan fingerprint density at radius 3 is 2.05 bits per heavy atom. The number of rotatable bonds is 8. The predicted octanol–water partition coefficient (Wildman–Crippen LogP) is 1.57. The molecule has 0 aliphatic rings. The normalized spacial score (nSPS) is 12.1. The molecule has 0 fully saturated rings. The summed E-state index contributed by atoms with van der Waals surface area (Å²) < 4.78 is 15.9. The van der Waals surface area contributed by atoms with Gasteiger partial charge < -0.3 is 24.6 Å². The minimum Gasteiger partial charge on any atom is -0.496 e. The third kappa shape index (κ3) is 4.01. The van der Waals surface area contributed by atoms with Crippen LogP contribution in [0, 0.1) is 0 Å². The molecule has 0 radical (unpaired) electrons. The number of nitrogens with one attached hydrogen (secondary N) is 1. The first-order valence-corrected chi connectivity index (χ1v) is 6.33. The van der Waals surface area contributed by atoms with Crippen molar-refractivity contribution in [1.29, 1.82) is 0 Å². The van der Waals surface area contributed by atoms with E-state index in [9.17, 15) is 5.11 Å². The molecule has 1 atom stereocenters. The first-order chi connectivity index (χ1) is 9.19. The molecule has 0 amide bonds. The smallest absolute Gasteiger partial charge is 0.130 e. The van der Waals surface area contributed by atoms with E-state index in [1.807, 2.05) is 19.1 Å². The Labute approximate surface area is 114 Å². The fraction of sp³-hybridized carbons (Fsp3) is 0.571. The van der Waals surface area contributed by atoms with Crippen molar-refractivity contribution < 1.29 is 19.3 Å². The van der Waals surface area contributed by atoms with Crippen LogP contribution in [-0.2, 0) is 6.54 Å². The number of benzene rings is 1. The summed E-state index contributed by atoms with van der Waals surface area (Å²) in [4.78, 5) is 0. The van der Waals surface area contributed by atoms with Crippen LogP contribution in [0.15, 0.2) is 12.1 Å². The lowest BCUT2D eigenvalue weighted by Crippen LogP contribution is -2.31. The molecule has 1 unspecified atom stereocenters. The molecule has 1 aromatic rings. The molecule has 108 valence electrons. The maximum absolute atomic E-state index is 9.19. The van der Waals surface area contributed by atoms with Gasteiger partial charge in [0.25, 0.3) is 0 Å². The molecule has 2 N–H and O–H groups in total. The van der Waals surface area contributed by atoms with E-state index < -0.39 is 0 Å². The van der Waals surface area contributed by atoms with E-state index in [1.165, 1.54) is 0 Å². The van der Waals surface area contributed by atoms with Crippen molar-refractivity contribution in [3.63, 3.8) is 0 Å². The highest BCUT2D eigenvalue weighted by molar-refractivity contribution is 5.50. The summed E-state index contributed by atoms with van der Waals surface area (Å²) in [6.07, 6.45) is 0.858. The number of aliphatic hydroxyl groups is 1. The van der Waals surface area contributed by atoms with E-state index in [-0.39, 0.29) is 12.6 Å². The van der Waals surface area contributed by atoms with Crippen molar-refractivity contribution in [2.75, 3.05) is 27.9 Å². The van der Waals surface area contributed by atoms with E-state index in [4.69, 9.17) is 14.2 Å². The number of ether oxygens (including phenoxy) is 3. The Balaban J connectivity index is 2.96. The van der Waals surface area contributed by atoms with Gasteiger partial charge in [-0.25, -0.2) is 0 Å². The van der Waals surface area contributed by atoms with Gasteiger partial charge in [-0.15, -0.1) is 0 Å². The Kier molecular flexibility index (Phi) is 6.45. The van der Waals surface area contributed by atoms with Crippen molar-refractivity contribution in [1.82, 2.24) is 5.32 Å². The summed E-state index contributed by atoms with van der Waals surface area (Å²) in [5.41, 5.74) is 0.915. The summed E-state index contributed by atoms with van der Waals surface area (Å²) >= 11 is 0. The third-order valence-electron chi connectivity index (χ3n) is 3.10. The molecule has 0 aliphatic carbocycles. The Hall–Kier alpha value is -1.46. The lowest BCUT2D eigenvalue weighted by molar-refractivity contribution is 0.237. The van der Waals surface area contributed by atoms with Gasteiger partial charge in [-0.05, 0) is 6.42 Å². The van der Waals surface area contributed by atoms with Crippen molar-refractivity contribution in [2.24, 2.45) is 0 Å². The van der Waals surface area contributed by atoms with Gasteiger partial charge in [0, 0.05) is 24.7 Å². The van der Waals surface area contributed by atoms with Crippen LogP contribution < -0.4 is 19.5 Å². The molecule has 5 heteroatoms. The standard InChI is InChI=1S/C14H23NO4/c1-5-10(9-16)15-8-12-13(18-3)6-11(17-2)7-14(12)19-4/h6-7,10,15-16H,5,8-9H2,1-4H3. The lowest BCUT2D eigenvalue weighted by atomic mass is 10.1. The van der Waals surface area contributed by atoms with Crippen molar-refractivity contribution >= 4 is 0 Å². The van der Waals surface area contributed by atoms with E-state index in [2.05, 4.69) is 5.32 Å². The summed E-state index contributed by atoms with van der Waals surface area (Å²) in [6, 6.07) is 3.70. The van der Waals surface area contributed by atoms with Crippen LogP contribution in [0.25, 0.3) is 0 Å². The maximum atomic E-state index is 9.19. The van der Waals surface area contributed by atoms with E-state index >= 15 is 0 Å². The summed E-state index contributed by atoms with van der Waals surface area (Å²) in [5, 5.41) is 12.5. The minimum absolute atomic E-state index is 0.0662. The van der Waals surface area contributed by atoms with Crippen LogP contribution in [0.5, 0.6) is 17.2 Å². The Morgan fingerprint density at radius 1 is 1.11 bits per heavy atom. The van der Waals surface area contributed by atoms with E-state index in [0.29, 0.717) is 23.8 Å². The first-order valence-electron chi connectivity index (χ1n) is 6.33. The monoisotopic (exact) mass is 269 g/mol. The highest BCUT2D eigenvalue weighted by atomic mass is 16.5. The molecule has 0 aromatic heterocycles. The van der Waals surface area contributed by atoms with Crippen molar-refractivity contribution in [3.05, 3.63) is 17.7 Å². The van der Waals surface area contributed by atoms with Crippen LogP contribution in [0.3, 0.4) is 0 Å². The molecule has 5 nitrogen and oxygen atoms in total. The zero-order chi connectivity index (χ0) is 14.3. The van der Waals surface area contributed by atoms with E-state index in [1.54, 1.807) is 21.3 Å². The molecular weight excluding hydrogens is 246 g/mol. The molecule has 0 aliphatic heterocycles. The highest BCUT2D eigenvalue weighted by Gasteiger charge is 2.14. The van der Waals surface area contributed by atoms with Crippen LogP contribution in [0.4, 0.5) is 0 Å². The minimum atomic E-state index is 0.0662. The average molecular weight is 269 g/mol. The number of hydrogen-bond donors (Lipinski definition) is 2. The second-order valence-electron chi connectivity index (χ2n) is 4.18. The fourth-order valence-electron chi connectivity index (χ4n) is 1.84. The Bertz CT molecular complexity index is 366. The number of methoxy groups -OCH3 is 3. The van der Waals surface area contributed by atoms with Gasteiger partial charge in [0.1, 0.15) is 17.2 Å². The van der Waals surface area contributed by atoms with Gasteiger partial charge in [-0.3, -0.25) is 0 Å². The maximum Gasteiger partial charge on any atom is 0.130 e. The molecule has 1 aromatic carbocycles. The van der Waals surface area contributed by atoms with E-state index in [0.717, 1.165) is 12.0 Å². The van der Waals surface area contributed by atoms with Gasteiger partial charge in [0.15, 0.2) is 0 Å². The molecule has 19 heavy (non-hydrogen) atoms. The highest BCUT2D eigenvalue weighted by Crippen LogP contribution is 2.33. The molecule has 0 saturated heterocycles. The van der Waals surface area contributed by atoms with Crippen molar-refractivity contribution in [2.45, 2.75) is 25.9 Å². The summed E-state index contributed by atoms with van der Waals surface area (Å²) in [7, 11) is 4.83. The van der Waals surface area contributed by atoms with Crippen LogP contribution in [-0.4, -0.2) is 39.1 Å². The van der Waals surface area contributed by atoms with Gasteiger partial charge >= 0.3 is 0 Å². The SMILES string of the molecule is CCC(CO)NCc1c(OC)cc(OC)cc1OC. The van der Waals surface area contributed by atoms with Gasteiger partial charge in [-0.1, -0.05) is 6.92 Å². The Morgan fingerprint density at radius 2 is 1.68 bits per heavy atom. The van der Waals surface area contributed by atoms with Gasteiger partial charge in [-0.2, -0.15) is 0 Å². The van der Waals surface area contributed by atoms with Gasteiger partial charge in [0.05, 0.1) is 33.5 Å². The largest absolute Gasteiger partial charge is 0.496 e. The predicted molar refractivity (Wildman–Crippen MR) is 74.1 cm³/mol. The summed E-state index contributed by atoms with van der Waals surface area (Å²) in [5.74, 6) is 2.10. The second kappa shape index (κ2) is 7.86. The second-order valence-corrected chi connectivity index (χ2v) is 4.18. The van der Waals surface area contributed by atoms with Crippen LogP contribution in [0.2, 0.25) is 0 Å². The lowest BCUT2D eigenvalue weighted by Gasteiger charge is -2.18. The molecule has 0 saturated carbocycles. The quantitative estimate of drug-likeness (QED) is 0.750. The molecule has 1 rings (SSSR count). The van der Waals surface area contributed by atoms with Gasteiger partial charge in [0.2, 0.25) is 0 Å². The van der Waals surface area contributed by atoms with Crippen LogP contribution >= 0.6 is 0 Å².